The zero-order valence-electron chi connectivity index (χ0n) is 13.3. The second-order valence-corrected chi connectivity index (χ2v) is 5.56. The van der Waals surface area contributed by atoms with Crippen LogP contribution in [0.15, 0.2) is 18.2 Å². The summed E-state index contributed by atoms with van der Waals surface area (Å²) >= 11 is 0. The van der Waals surface area contributed by atoms with Gasteiger partial charge in [0.25, 0.3) is 5.91 Å². The highest BCUT2D eigenvalue weighted by molar-refractivity contribution is 5.95. The second-order valence-electron chi connectivity index (χ2n) is 5.56. The third-order valence-corrected chi connectivity index (χ3v) is 3.78. The van der Waals surface area contributed by atoms with Gasteiger partial charge >= 0.3 is 5.97 Å². The molecule has 1 aliphatic rings. The van der Waals surface area contributed by atoms with Crippen LogP contribution in [0.3, 0.4) is 0 Å². The van der Waals surface area contributed by atoms with E-state index in [9.17, 15) is 23.2 Å². The summed E-state index contributed by atoms with van der Waals surface area (Å²) < 4.78 is 31.4. The first-order valence-electron chi connectivity index (χ1n) is 7.53. The number of rotatable bonds is 4. The Morgan fingerprint density at radius 2 is 2.04 bits per heavy atom. The molecular weight excluding hydrogens is 322 g/mol. The molecule has 24 heavy (non-hydrogen) atoms. The minimum Gasteiger partial charge on any atom is -0.451 e. The number of carbonyl (C=O) groups excluding carboxylic acids is 3. The highest BCUT2D eigenvalue weighted by Gasteiger charge is 2.35. The van der Waals surface area contributed by atoms with Crippen LogP contribution in [0.2, 0.25) is 0 Å². The molecule has 0 bridgehead atoms. The highest BCUT2D eigenvalue weighted by atomic mass is 19.1. The molecule has 1 aliphatic heterocycles. The second kappa shape index (κ2) is 7.37. The van der Waals surface area contributed by atoms with E-state index in [4.69, 9.17) is 4.74 Å². The molecule has 2 amide bonds. The quantitative estimate of drug-likeness (QED) is 0.849. The molecule has 1 heterocycles. The lowest BCUT2D eigenvalue weighted by atomic mass is 10.2. The van der Waals surface area contributed by atoms with Gasteiger partial charge in [0.2, 0.25) is 5.91 Å². The predicted molar refractivity (Wildman–Crippen MR) is 81.0 cm³/mol. The third kappa shape index (κ3) is 4.06. The van der Waals surface area contributed by atoms with Gasteiger partial charge in [0.15, 0.2) is 6.10 Å². The van der Waals surface area contributed by atoms with Gasteiger partial charge in [-0.3, -0.25) is 9.59 Å². The van der Waals surface area contributed by atoms with Gasteiger partial charge in [0.05, 0.1) is 5.69 Å². The average Bonchev–Trinajstić information content (AvgIpc) is 2.99. The lowest BCUT2D eigenvalue weighted by Gasteiger charge is -2.23. The Morgan fingerprint density at radius 3 is 2.67 bits per heavy atom. The van der Waals surface area contributed by atoms with E-state index in [1.165, 1.54) is 18.7 Å². The summed E-state index contributed by atoms with van der Waals surface area (Å²) in [7, 11) is 0. The largest absolute Gasteiger partial charge is 0.451 e. The molecule has 1 N–H and O–H groups in total. The molecular formula is C16H18F2N2O4. The SMILES string of the molecule is CC(=O)N1CCC[C@@H]1C(=O)O[C@@H](C)C(=O)Nc1ccc(F)cc1F. The smallest absolute Gasteiger partial charge is 0.329 e. The Kier molecular flexibility index (Phi) is 5.48. The van der Waals surface area contributed by atoms with Crippen molar-refractivity contribution in [2.24, 2.45) is 0 Å². The Balaban J connectivity index is 1.96. The minimum atomic E-state index is -1.18. The van der Waals surface area contributed by atoms with E-state index in [-0.39, 0.29) is 11.6 Å². The minimum absolute atomic E-state index is 0.212. The molecule has 0 radical (unpaired) electrons. The predicted octanol–water partition coefficient (Wildman–Crippen LogP) is 1.85. The first-order valence-corrected chi connectivity index (χ1v) is 7.53. The van der Waals surface area contributed by atoms with Crippen LogP contribution in [0.4, 0.5) is 14.5 Å². The number of hydrogen-bond donors (Lipinski definition) is 1. The number of likely N-dealkylation sites (tertiary alicyclic amines) is 1. The van der Waals surface area contributed by atoms with E-state index in [1.807, 2.05) is 0 Å². The monoisotopic (exact) mass is 340 g/mol. The topological polar surface area (TPSA) is 75.7 Å². The van der Waals surface area contributed by atoms with Crippen molar-refractivity contribution in [2.75, 3.05) is 11.9 Å². The molecule has 1 aromatic rings. The molecule has 130 valence electrons. The number of nitrogens with one attached hydrogen (secondary N) is 1. The van der Waals surface area contributed by atoms with Crippen LogP contribution in [0.25, 0.3) is 0 Å². The maximum Gasteiger partial charge on any atom is 0.329 e. The van der Waals surface area contributed by atoms with Crippen LogP contribution < -0.4 is 5.32 Å². The summed E-state index contributed by atoms with van der Waals surface area (Å²) in [6.45, 7) is 3.16. The highest BCUT2D eigenvalue weighted by Crippen LogP contribution is 2.20. The number of amides is 2. The number of halogens is 2. The number of nitrogens with zero attached hydrogens (tertiary/aromatic N) is 1. The molecule has 0 saturated carbocycles. The standard InChI is InChI=1S/C16H18F2N2O4/c1-9(15(22)19-13-6-5-11(17)8-12(13)18)24-16(23)14-4-3-7-20(14)10(2)21/h5-6,8-9,14H,3-4,7H2,1-2H3,(H,19,22)/t9-,14+/m0/s1. The van der Waals surface area contributed by atoms with Crippen LogP contribution in [0.1, 0.15) is 26.7 Å². The van der Waals surface area contributed by atoms with Gasteiger partial charge < -0.3 is 15.0 Å². The Bertz CT molecular complexity index is 665. The summed E-state index contributed by atoms with van der Waals surface area (Å²) in [5, 5.41) is 2.23. The maximum absolute atomic E-state index is 13.5. The zero-order chi connectivity index (χ0) is 17.9. The van der Waals surface area contributed by atoms with E-state index < -0.39 is 35.7 Å². The molecule has 2 rings (SSSR count). The molecule has 0 unspecified atom stereocenters. The van der Waals surface area contributed by atoms with Gasteiger partial charge in [-0.2, -0.15) is 0 Å². The lowest BCUT2D eigenvalue weighted by molar-refractivity contribution is -0.159. The van der Waals surface area contributed by atoms with Crippen molar-refractivity contribution in [3.05, 3.63) is 29.8 Å². The zero-order valence-corrected chi connectivity index (χ0v) is 13.3. The molecule has 1 fully saturated rings. The fourth-order valence-electron chi connectivity index (χ4n) is 2.52. The fourth-order valence-corrected chi connectivity index (χ4v) is 2.52. The molecule has 1 saturated heterocycles. The van der Waals surface area contributed by atoms with Crippen molar-refractivity contribution in [1.29, 1.82) is 0 Å². The van der Waals surface area contributed by atoms with Crippen LogP contribution in [-0.2, 0) is 19.1 Å². The van der Waals surface area contributed by atoms with Gasteiger partial charge in [0, 0.05) is 19.5 Å². The number of carbonyl (C=O) groups is 3. The van der Waals surface area contributed by atoms with Crippen molar-refractivity contribution < 1.29 is 27.9 Å². The molecule has 0 spiro atoms. The normalized spacial score (nSPS) is 18.2. The van der Waals surface area contributed by atoms with Gasteiger partial charge in [-0.15, -0.1) is 0 Å². The van der Waals surface area contributed by atoms with Crippen LogP contribution in [0.5, 0.6) is 0 Å². The van der Waals surface area contributed by atoms with Crippen molar-refractivity contribution in [2.45, 2.75) is 38.8 Å². The molecule has 8 heteroatoms. The van der Waals surface area contributed by atoms with Gasteiger partial charge in [-0.1, -0.05) is 0 Å². The molecule has 0 aliphatic carbocycles. The van der Waals surface area contributed by atoms with Crippen LogP contribution >= 0.6 is 0 Å². The van der Waals surface area contributed by atoms with E-state index in [0.717, 1.165) is 12.1 Å². The van der Waals surface area contributed by atoms with Crippen molar-refractivity contribution in [3.63, 3.8) is 0 Å². The van der Waals surface area contributed by atoms with E-state index in [1.54, 1.807) is 0 Å². The van der Waals surface area contributed by atoms with E-state index >= 15 is 0 Å². The van der Waals surface area contributed by atoms with Crippen molar-refractivity contribution in [3.8, 4) is 0 Å². The summed E-state index contributed by atoms with van der Waals surface area (Å²) in [6, 6.07) is 2.00. The molecule has 0 aromatic heterocycles. The molecule has 1 aromatic carbocycles. The van der Waals surface area contributed by atoms with Gasteiger partial charge in [-0.05, 0) is 31.9 Å². The number of esters is 1. The first kappa shape index (κ1) is 17.8. The Morgan fingerprint density at radius 1 is 1.33 bits per heavy atom. The number of anilines is 1. The molecule has 6 nitrogen and oxygen atoms in total. The van der Waals surface area contributed by atoms with Gasteiger partial charge in [0.1, 0.15) is 17.7 Å². The van der Waals surface area contributed by atoms with Crippen LogP contribution in [-0.4, -0.2) is 41.4 Å². The van der Waals surface area contributed by atoms with Crippen LogP contribution in [0, 0.1) is 11.6 Å². The summed E-state index contributed by atoms with van der Waals surface area (Å²) in [4.78, 5) is 37.0. The maximum atomic E-state index is 13.5. The number of benzene rings is 1. The number of ether oxygens (including phenoxy) is 1. The summed E-state index contributed by atoms with van der Waals surface area (Å²) in [5.74, 6) is -3.36. The summed E-state index contributed by atoms with van der Waals surface area (Å²) in [5.41, 5.74) is -0.212. The van der Waals surface area contributed by atoms with Crippen molar-refractivity contribution >= 4 is 23.5 Å². The Hall–Kier alpha value is -2.51. The lowest BCUT2D eigenvalue weighted by Crippen LogP contribution is -2.42. The van der Waals surface area contributed by atoms with Gasteiger partial charge in [-0.25, -0.2) is 13.6 Å². The first-order chi connectivity index (χ1) is 11.3. The Labute approximate surface area is 137 Å². The van der Waals surface area contributed by atoms with E-state index in [0.29, 0.717) is 25.5 Å². The fraction of sp³-hybridized carbons (Fsp3) is 0.438. The van der Waals surface area contributed by atoms with E-state index in [2.05, 4.69) is 5.32 Å². The summed E-state index contributed by atoms with van der Waals surface area (Å²) in [6.07, 6.45) is -0.0311. The number of hydrogen-bond acceptors (Lipinski definition) is 4. The third-order valence-electron chi connectivity index (χ3n) is 3.78. The van der Waals surface area contributed by atoms with Crippen molar-refractivity contribution in [1.82, 2.24) is 4.90 Å². The molecule has 2 atom stereocenters. The average molecular weight is 340 g/mol.